The third-order valence-corrected chi connectivity index (χ3v) is 4.87. The van der Waals surface area contributed by atoms with Crippen LogP contribution in [0.15, 0.2) is 6.07 Å². The molecule has 0 spiro atoms. The molecule has 1 atom stereocenters. The molecular weight excluding hydrogens is 268 g/mol. The van der Waals surface area contributed by atoms with E-state index in [1.54, 1.807) is 15.6 Å². The molecule has 1 saturated carbocycles. The molecule has 1 aliphatic heterocycles. The lowest BCUT2D eigenvalue weighted by Gasteiger charge is -2.43. The molecule has 21 heavy (non-hydrogen) atoms. The van der Waals surface area contributed by atoms with Gasteiger partial charge in [0.05, 0.1) is 12.1 Å². The van der Waals surface area contributed by atoms with Gasteiger partial charge < -0.3 is 10.2 Å². The lowest BCUT2D eigenvalue weighted by molar-refractivity contribution is 0.0435. The number of aromatic nitrogens is 2. The molecule has 0 radical (unpaired) electrons. The topological polar surface area (TPSA) is 67.2 Å². The van der Waals surface area contributed by atoms with Gasteiger partial charge in [-0.25, -0.2) is 0 Å². The molecule has 114 valence electrons. The van der Waals surface area contributed by atoms with E-state index in [0.717, 1.165) is 6.54 Å². The van der Waals surface area contributed by atoms with Gasteiger partial charge in [-0.2, -0.15) is 5.10 Å². The van der Waals surface area contributed by atoms with Crippen molar-refractivity contribution in [1.29, 1.82) is 0 Å². The number of carbonyl (C=O) groups excluding carboxylic acids is 2. The normalized spacial score (nSPS) is 26.2. The predicted molar refractivity (Wildman–Crippen MR) is 78.4 cm³/mol. The largest absolute Gasteiger partial charge is 0.332 e. The highest BCUT2D eigenvalue weighted by atomic mass is 16.2. The highest BCUT2D eigenvalue weighted by Crippen LogP contribution is 2.26. The van der Waals surface area contributed by atoms with Gasteiger partial charge in [-0.3, -0.25) is 14.3 Å². The second kappa shape index (κ2) is 5.26. The molecule has 3 rings (SSSR count). The van der Waals surface area contributed by atoms with Crippen LogP contribution in [0.25, 0.3) is 0 Å². The van der Waals surface area contributed by atoms with Crippen molar-refractivity contribution in [2.75, 3.05) is 13.6 Å². The monoisotopic (exact) mass is 290 g/mol. The maximum atomic E-state index is 12.5. The summed E-state index contributed by atoms with van der Waals surface area (Å²) in [5.74, 6) is -0.0717. The average Bonchev–Trinajstić information content (AvgIpc) is 3.12. The van der Waals surface area contributed by atoms with Gasteiger partial charge in [0.2, 0.25) is 0 Å². The zero-order valence-corrected chi connectivity index (χ0v) is 12.6. The van der Waals surface area contributed by atoms with Crippen LogP contribution < -0.4 is 5.32 Å². The van der Waals surface area contributed by atoms with Crippen LogP contribution in [0.1, 0.15) is 53.6 Å². The third-order valence-electron chi connectivity index (χ3n) is 4.87. The first-order chi connectivity index (χ1) is 10.0. The van der Waals surface area contributed by atoms with E-state index in [0.29, 0.717) is 30.3 Å². The third kappa shape index (κ3) is 2.48. The molecule has 1 aliphatic carbocycles. The minimum Gasteiger partial charge on any atom is -0.332 e. The molecule has 2 heterocycles. The number of carbonyl (C=O) groups is 2. The van der Waals surface area contributed by atoms with Crippen LogP contribution in [0, 0.1) is 0 Å². The first-order valence-corrected chi connectivity index (χ1v) is 7.58. The summed E-state index contributed by atoms with van der Waals surface area (Å²) in [6.45, 7) is 3.42. The molecule has 0 bridgehead atoms. The Morgan fingerprint density at radius 1 is 1.48 bits per heavy atom. The zero-order valence-electron chi connectivity index (χ0n) is 12.6. The molecule has 0 saturated heterocycles. The van der Waals surface area contributed by atoms with Crippen molar-refractivity contribution in [1.82, 2.24) is 20.0 Å². The number of hydrogen-bond donors (Lipinski definition) is 1. The SMILES string of the molecule is CN1C(=O)c2cc(C=O)nn2CC1(C)CNC1CCCC1. The molecule has 0 aromatic carbocycles. The van der Waals surface area contributed by atoms with E-state index < -0.39 is 0 Å². The van der Waals surface area contributed by atoms with Crippen LogP contribution in [0.5, 0.6) is 0 Å². The van der Waals surface area contributed by atoms with Crippen LogP contribution in [0.3, 0.4) is 0 Å². The Labute approximate surface area is 124 Å². The van der Waals surface area contributed by atoms with Crippen LogP contribution in [0.4, 0.5) is 0 Å². The van der Waals surface area contributed by atoms with Crippen LogP contribution >= 0.6 is 0 Å². The minimum absolute atomic E-state index is 0.0717. The molecule has 1 aromatic heterocycles. The van der Waals surface area contributed by atoms with E-state index in [-0.39, 0.29) is 11.4 Å². The second-order valence-corrected chi connectivity index (χ2v) is 6.45. The summed E-state index contributed by atoms with van der Waals surface area (Å²) < 4.78 is 1.67. The lowest BCUT2D eigenvalue weighted by atomic mass is 9.96. The molecular formula is C15H22N4O2. The van der Waals surface area contributed by atoms with E-state index in [4.69, 9.17) is 0 Å². The highest BCUT2D eigenvalue weighted by molar-refractivity contribution is 5.95. The maximum absolute atomic E-state index is 12.5. The number of fused-ring (bicyclic) bond motifs is 1. The minimum atomic E-state index is -0.321. The number of rotatable bonds is 4. The average molecular weight is 290 g/mol. The summed E-state index contributed by atoms with van der Waals surface area (Å²) in [5.41, 5.74) is 0.497. The van der Waals surface area contributed by atoms with Crippen molar-refractivity contribution in [2.45, 2.75) is 50.7 Å². The van der Waals surface area contributed by atoms with Crippen LogP contribution in [0.2, 0.25) is 0 Å². The van der Waals surface area contributed by atoms with Gasteiger partial charge in [-0.15, -0.1) is 0 Å². The number of nitrogens with zero attached hydrogens (tertiary/aromatic N) is 3. The van der Waals surface area contributed by atoms with Gasteiger partial charge in [0.25, 0.3) is 5.91 Å². The van der Waals surface area contributed by atoms with Gasteiger partial charge in [0.15, 0.2) is 6.29 Å². The number of hydrogen-bond acceptors (Lipinski definition) is 4. The first-order valence-electron chi connectivity index (χ1n) is 7.58. The van der Waals surface area contributed by atoms with Gasteiger partial charge in [0.1, 0.15) is 11.4 Å². The second-order valence-electron chi connectivity index (χ2n) is 6.45. The van der Waals surface area contributed by atoms with E-state index in [1.807, 2.05) is 7.05 Å². The lowest BCUT2D eigenvalue weighted by Crippen LogP contribution is -2.60. The summed E-state index contributed by atoms with van der Waals surface area (Å²) in [6, 6.07) is 2.13. The Kier molecular flexibility index (Phi) is 3.57. The molecule has 1 unspecified atom stereocenters. The van der Waals surface area contributed by atoms with Gasteiger partial charge >= 0.3 is 0 Å². The van der Waals surface area contributed by atoms with Crippen molar-refractivity contribution in [2.24, 2.45) is 0 Å². The number of likely N-dealkylation sites (N-methyl/N-ethyl adjacent to an activating group) is 1. The summed E-state index contributed by atoms with van der Waals surface area (Å²) in [6.07, 6.45) is 5.70. The summed E-state index contributed by atoms with van der Waals surface area (Å²) in [7, 11) is 1.83. The smallest absolute Gasteiger partial charge is 0.272 e. The fourth-order valence-corrected chi connectivity index (χ4v) is 3.30. The van der Waals surface area contributed by atoms with Crippen LogP contribution in [-0.4, -0.2) is 52.0 Å². The number of nitrogens with one attached hydrogen (secondary N) is 1. The van der Waals surface area contributed by atoms with Gasteiger partial charge in [-0.1, -0.05) is 12.8 Å². The van der Waals surface area contributed by atoms with Crippen molar-refractivity contribution >= 4 is 12.2 Å². The Bertz CT molecular complexity index is 562. The number of aldehydes is 1. The summed E-state index contributed by atoms with van der Waals surface area (Å²) in [4.78, 5) is 25.1. The molecule has 6 nitrogen and oxygen atoms in total. The first kappa shape index (κ1) is 14.3. The van der Waals surface area contributed by atoms with Crippen molar-refractivity contribution in [3.63, 3.8) is 0 Å². The zero-order chi connectivity index (χ0) is 15.0. The van der Waals surface area contributed by atoms with Gasteiger partial charge in [-0.05, 0) is 25.8 Å². The molecule has 1 fully saturated rings. The van der Waals surface area contributed by atoms with E-state index >= 15 is 0 Å². The standard InChI is InChI=1S/C15H22N4O2/c1-15(9-16-11-5-3-4-6-11)10-19-13(14(21)18(15)2)7-12(8-20)17-19/h7-8,11,16H,3-6,9-10H2,1-2H3. The van der Waals surface area contributed by atoms with E-state index in [9.17, 15) is 9.59 Å². The van der Waals surface area contributed by atoms with Crippen molar-refractivity contribution < 1.29 is 9.59 Å². The Morgan fingerprint density at radius 2 is 2.19 bits per heavy atom. The fourth-order valence-electron chi connectivity index (χ4n) is 3.30. The Hall–Kier alpha value is -1.69. The summed E-state index contributed by atoms with van der Waals surface area (Å²) >= 11 is 0. The molecule has 1 N–H and O–H groups in total. The highest BCUT2D eigenvalue weighted by Gasteiger charge is 2.40. The molecule has 1 amide bonds. The van der Waals surface area contributed by atoms with Crippen molar-refractivity contribution in [3.05, 3.63) is 17.5 Å². The van der Waals surface area contributed by atoms with Crippen molar-refractivity contribution in [3.8, 4) is 0 Å². The summed E-state index contributed by atoms with van der Waals surface area (Å²) in [5, 5.41) is 7.79. The van der Waals surface area contributed by atoms with E-state index in [2.05, 4.69) is 17.3 Å². The van der Waals surface area contributed by atoms with Gasteiger partial charge in [0, 0.05) is 19.6 Å². The van der Waals surface area contributed by atoms with Crippen LogP contribution in [-0.2, 0) is 6.54 Å². The number of amides is 1. The molecule has 6 heteroatoms. The Balaban J connectivity index is 1.78. The van der Waals surface area contributed by atoms with E-state index in [1.165, 1.54) is 25.7 Å². The Morgan fingerprint density at radius 3 is 2.86 bits per heavy atom. The quantitative estimate of drug-likeness (QED) is 0.842. The predicted octanol–water partition coefficient (Wildman–Crippen LogP) is 1.07. The molecule has 1 aromatic rings. The fraction of sp³-hybridized carbons (Fsp3) is 0.667. The molecule has 2 aliphatic rings. The maximum Gasteiger partial charge on any atom is 0.272 e.